The molecule has 3 heteroatoms. The lowest BCUT2D eigenvalue weighted by Crippen LogP contribution is -2.45. The third-order valence-electron chi connectivity index (χ3n) is 4.82. The maximum atomic E-state index is 11.9. The molecule has 1 aliphatic carbocycles. The van der Waals surface area contributed by atoms with E-state index in [0.717, 1.165) is 12.8 Å². The molecule has 2 bridgehead atoms. The van der Waals surface area contributed by atoms with Gasteiger partial charge in [-0.1, -0.05) is 36.3 Å². The van der Waals surface area contributed by atoms with Crippen molar-refractivity contribution in [3.8, 4) is 0 Å². The fourth-order valence-corrected chi connectivity index (χ4v) is 3.33. The van der Waals surface area contributed by atoms with E-state index < -0.39 is 5.60 Å². The molecular formula is C19H28O3. The first-order valence-corrected chi connectivity index (χ1v) is 8.19. The van der Waals surface area contributed by atoms with Crippen LogP contribution in [0.4, 0.5) is 0 Å². The first kappa shape index (κ1) is 17.2. The van der Waals surface area contributed by atoms with Crippen LogP contribution in [0.15, 0.2) is 35.5 Å². The molecular weight excluding hydrogens is 276 g/mol. The van der Waals surface area contributed by atoms with Crippen molar-refractivity contribution in [1.82, 2.24) is 0 Å². The Morgan fingerprint density at radius 3 is 2.77 bits per heavy atom. The smallest absolute Gasteiger partial charge is 0.165 e. The fraction of sp³-hybridized carbons (Fsp3) is 0.632. The van der Waals surface area contributed by atoms with E-state index in [2.05, 4.69) is 39.8 Å². The van der Waals surface area contributed by atoms with E-state index in [-0.39, 0.29) is 23.7 Å². The van der Waals surface area contributed by atoms with Gasteiger partial charge in [0.15, 0.2) is 11.9 Å². The summed E-state index contributed by atoms with van der Waals surface area (Å²) in [6.07, 6.45) is 10.8. The standard InChI is InChI=1S/C19H28O3/c1-13(2)8-6-9-14(3)10-7-11-19(5)16-12-17(20)18(15(16)4)21-22-19/h7-8,10-11,15-16,18H,6,9,12H2,1-5H3/b11-7-,14-10+/t15-,16+,18-,19+/m1/s1. The number of carbonyl (C=O) groups is 1. The van der Waals surface area contributed by atoms with Crippen LogP contribution in [-0.2, 0) is 14.6 Å². The zero-order valence-electron chi connectivity index (χ0n) is 14.4. The van der Waals surface area contributed by atoms with Gasteiger partial charge in [0, 0.05) is 12.3 Å². The Kier molecular flexibility index (Phi) is 5.41. The molecule has 4 atom stereocenters. The van der Waals surface area contributed by atoms with Crippen molar-refractivity contribution >= 4 is 5.78 Å². The summed E-state index contributed by atoms with van der Waals surface area (Å²) in [4.78, 5) is 22.7. The second-order valence-electron chi connectivity index (χ2n) is 7.11. The molecule has 0 radical (unpaired) electrons. The van der Waals surface area contributed by atoms with Gasteiger partial charge in [0.2, 0.25) is 0 Å². The molecule has 0 aromatic heterocycles. The summed E-state index contributed by atoms with van der Waals surface area (Å²) >= 11 is 0. The number of Topliss-reactive ketones (excluding diaryl/α,β-unsaturated/α-hetero) is 1. The first-order chi connectivity index (χ1) is 10.3. The van der Waals surface area contributed by atoms with Gasteiger partial charge in [-0.2, -0.15) is 0 Å². The Hall–Kier alpha value is -1.19. The molecule has 122 valence electrons. The third-order valence-corrected chi connectivity index (χ3v) is 4.82. The van der Waals surface area contributed by atoms with E-state index in [9.17, 15) is 4.79 Å². The zero-order valence-corrected chi connectivity index (χ0v) is 14.4. The Morgan fingerprint density at radius 2 is 2.09 bits per heavy atom. The van der Waals surface area contributed by atoms with E-state index in [1.807, 2.05) is 19.1 Å². The van der Waals surface area contributed by atoms with Crippen molar-refractivity contribution in [2.45, 2.75) is 65.6 Å². The number of ketones is 1. The number of hydrogen-bond donors (Lipinski definition) is 0. The summed E-state index contributed by atoms with van der Waals surface area (Å²) in [5, 5.41) is 0. The minimum atomic E-state index is -0.515. The monoisotopic (exact) mass is 304 g/mol. The Balaban J connectivity index is 1.97. The summed E-state index contributed by atoms with van der Waals surface area (Å²) in [5.74, 6) is 0.594. The number of rotatable bonds is 5. The molecule has 2 fully saturated rings. The minimum absolute atomic E-state index is 0.170. The van der Waals surface area contributed by atoms with Crippen molar-refractivity contribution in [1.29, 1.82) is 0 Å². The number of fused-ring (bicyclic) bond motifs is 2. The largest absolute Gasteiger partial charge is 0.297 e. The molecule has 0 amide bonds. The normalized spacial score (nSPS) is 35.2. The average Bonchev–Trinajstić information content (AvgIpc) is 2.63. The molecule has 3 nitrogen and oxygen atoms in total. The number of hydrogen-bond acceptors (Lipinski definition) is 3. The van der Waals surface area contributed by atoms with Crippen LogP contribution in [0.25, 0.3) is 0 Å². The lowest BCUT2D eigenvalue weighted by atomic mass is 9.81. The number of allylic oxidation sites excluding steroid dienone is 5. The van der Waals surface area contributed by atoms with Crippen LogP contribution in [0.3, 0.4) is 0 Å². The lowest BCUT2D eigenvalue weighted by Gasteiger charge is -2.38. The minimum Gasteiger partial charge on any atom is -0.297 e. The quantitative estimate of drug-likeness (QED) is 0.424. The van der Waals surface area contributed by atoms with Crippen LogP contribution in [0.5, 0.6) is 0 Å². The van der Waals surface area contributed by atoms with Gasteiger partial charge in [0.25, 0.3) is 0 Å². The molecule has 0 unspecified atom stereocenters. The summed E-state index contributed by atoms with van der Waals surface area (Å²) in [5.41, 5.74) is 2.18. The van der Waals surface area contributed by atoms with Crippen molar-refractivity contribution in [2.24, 2.45) is 11.8 Å². The average molecular weight is 304 g/mol. The van der Waals surface area contributed by atoms with Crippen LogP contribution in [0.1, 0.15) is 53.9 Å². The third kappa shape index (κ3) is 3.76. The van der Waals surface area contributed by atoms with Crippen LogP contribution < -0.4 is 0 Å². The second-order valence-corrected chi connectivity index (χ2v) is 7.11. The molecule has 22 heavy (non-hydrogen) atoms. The molecule has 1 aliphatic heterocycles. The summed E-state index contributed by atoms with van der Waals surface area (Å²) < 4.78 is 0. The van der Waals surface area contributed by atoms with Crippen molar-refractivity contribution in [3.05, 3.63) is 35.5 Å². The summed E-state index contributed by atoms with van der Waals surface area (Å²) in [6, 6.07) is 0. The van der Waals surface area contributed by atoms with Crippen molar-refractivity contribution < 1.29 is 14.6 Å². The first-order valence-electron chi connectivity index (χ1n) is 8.19. The highest BCUT2D eigenvalue weighted by Gasteiger charge is 2.54. The summed E-state index contributed by atoms with van der Waals surface area (Å²) in [7, 11) is 0. The molecule has 1 saturated carbocycles. The maximum Gasteiger partial charge on any atom is 0.165 e. The molecule has 0 aromatic rings. The zero-order chi connectivity index (χ0) is 16.3. The van der Waals surface area contributed by atoms with E-state index in [0.29, 0.717) is 6.42 Å². The van der Waals surface area contributed by atoms with Gasteiger partial charge >= 0.3 is 0 Å². The highest BCUT2D eigenvalue weighted by atomic mass is 17.2. The van der Waals surface area contributed by atoms with Gasteiger partial charge in [-0.05, 0) is 52.5 Å². The SMILES string of the molecule is CC(C)=CCC/C(C)=C/C=C\[C@]1(C)OO[C@H]2C(=O)C[C@H]1[C@H]2C. The van der Waals surface area contributed by atoms with E-state index in [1.54, 1.807) is 0 Å². The van der Waals surface area contributed by atoms with Crippen LogP contribution in [-0.4, -0.2) is 17.5 Å². The van der Waals surface area contributed by atoms with Gasteiger partial charge in [-0.15, -0.1) is 0 Å². The molecule has 0 N–H and O–H groups in total. The Labute approximate surface area is 134 Å². The van der Waals surface area contributed by atoms with Crippen molar-refractivity contribution in [2.75, 3.05) is 0 Å². The molecule has 2 aliphatic rings. The van der Waals surface area contributed by atoms with Gasteiger partial charge < -0.3 is 0 Å². The highest BCUT2D eigenvalue weighted by molar-refractivity contribution is 5.86. The van der Waals surface area contributed by atoms with Gasteiger partial charge in [0.1, 0.15) is 5.60 Å². The fourth-order valence-electron chi connectivity index (χ4n) is 3.33. The van der Waals surface area contributed by atoms with Crippen LogP contribution >= 0.6 is 0 Å². The van der Waals surface area contributed by atoms with E-state index >= 15 is 0 Å². The topological polar surface area (TPSA) is 35.5 Å². The predicted molar refractivity (Wildman–Crippen MR) is 88.2 cm³/mol. The molecule has 0 spiro atoms. The van der Waals surface area contributed by atoms with Gasteiger partial charge in [-0.3, -0.25) is 4.79 Å². The molecule has 0 aromatic carbocycles. The maximum absolute atomic E-state index is 11.9. The van der Waals surface area contributed by atoms with Gasteiger partial charge in [-0.25, -0.2) is 9.78 Å². The molecule has 1 saturated heterocycles. The predicted octanol–water partition coefficient (Wildman–Crippen LogP) is 4.55. The van der Waals surface area contributed by atoms with E-state index in [4.69, 9.17) is 9.78 Å². The van der Waals surface area contributed by atoms with Crippen LogP contribution in [0.2, 0.25) is 0 Å². The van der Waals surface area contributed by atoms with Crippen LogP contribution in [0, 0.1) is 11.8 Å². The second kappa shape index (κ2) is 6.93. The Bertz CT molecular complexity index is 511. The Morgan fingerprint density at radius 1 is 1.36 bits per heavy atom. The highest BCUT2D eigenvalue weighted by Crippen LogP contribution is 2.45. The molecule has 2 rings (SSSR count). The summed E-state index contributed by atoms with van der Waals surface area (Å²) in [6.45, 7) is 10.5. The van der Waals surface area contributed by atoms with Gasteiger partial charge in [0.05, 0.1) is 0 Å². The number of carbonyl (C=O) groups excluding carboxylic acids is 1. The molecule has 1 heterocycles. The lowest BCUT2D eigenvalue weighted by molar-refractivity contribution is -0.400. The van der Waals surface area contributed by atoms with E-state index in [1.165, 1.54) is 11.1 Å². The van der Waals surface area contributed by atoms with Crippen molar-refractivity contribution in [3.63, 3.8) is 0 Å².